The number of amides is 2. The minimum atomic E-state index is -0.143. The Balaban J connectivity index is 1.63. The van der Waals surface area contributed by atoms with Crippen molar-refractivity contribution in [3.8, 4) is 0 Å². The van der Waals surface area contributed by atoms with Gasteiger partial charge in [0.25, 0.3) is 5.91 Å². The number of nitrogens with zero attached hydrogens (tertiary/aromatic N) is 1. The Morgan fingerprint density at radius 3 is 2.31 bits per heavy atom. The normalized spacial score (nSPS) is 15.3. The van der Waals surface area contributed by atoms with Crippen molar-refractivity contribution in [2.24, 2.45) is 0 Å². The van der Waals surface area contributed by atoms with Gasteiger partial charge in [-0.1, -0.05) is 71.5 Å². The molecule has 1 aliphatic rings. The van der Waals surface area contributed by atoms with Gasteiger partial charge < -0.3 is 5.32 Å². The average Bonchev–Trinajstić information content (AvgIpc) is 2.91. The summed E-state index contributed by atoms with van der Waals surface area (Å²) in [6.07, 6.45) is 2.04. The van der Waals surface area contributed by atoms with Crippen molar-refractivity contribution < 1.29 is 9.59 Å². The van der Waals surface area contributed by atoms with Crippen molar-refractivity contribution in [1.82, 2.24) is 4.90 Å². The molecular weight excluding hydrogens is 400 g/mol. The van der Waals surface area contributed by atoms with E-state index in [1.54, 1.807) is 0 Å². The van der Waals surface area contributed by atoms with Gasteiger partial charge in [0.2, 0.25) is 5.91 Å². The molecular formula is C23H24N2O2S2. The molecule has 150 valence electrons. The fraction of sp³-hybridized carbons (Fsp3) is 0.261. The average molecular weight is 425 g/mol. The number of carbonyl (C=O) groups is 2. The van der Waals surface area contributed by atoms with Crippen molar-refractivity contribution >= 4 is 51.9 Å². The third-order valence-corrected chi connectivity index (χ3v) is 6.13. The van der Waals surface area contributed by atoms with Crippen LogP contribution in [0.1, 0.15) is 34.2 Å². The first-order valence-electron chi connectivity index (χ1n) is 9.44. The molecule has 1 saturated heterocycles. The maximum atomic E-state index is 12.7. The molecule has 6 heteroatoms. The third kappa shape index (κ3) is 5.14. The summed E-state index contributed by atoms with van der Waals surface area (Å²) in [4.78, 5) is 27.3. The molecule has 0 aliphatic carbocycles. The lowest BCUT2D eigenvalue weighted by molar-refractivity contribution is -0.122. The van der Waals surface area contributed by atoms with Crippen molar-refractivity contribution in [2.45, 2.75) is 34.1 Å². The molecule has 4 nitrogen and oxygen atoms in total. The molecule has 29 heavy (non-hydrogen) atoms. The SMILES string of the molecule is Cc1ccc(C=C2SC(=S)N(CCC(=O)Nc3c(C)cc(C)cc3C)C2=O)cc1. The molecule has 0 saturated carbocycles. The van der Waals surface area contributed by atoms with Gasteiger partial charge in [0.05, 0.1) is 4.91 Å². The summed E-state index contributed by atoms with van der Waals surface area (Å²) in [7, 11) is 0. The summed E-state index contributed by atoms with van der Waals surface area (Å²) < 4.78 is 0.490. The first-order chi connectivity index (χ1) is 13.7. The van der Waals surface area contributed by atoms with Gasteiger partial charge in [-0.2, -0.15) is 0 Å². The Bertz CT molecular complexity index is 987. The molecule has 1 aliphatic heterocycles. The predicted octanol–water partition coefficient (Wildman–Crippen LogP) is 5.15. The minimum absolute atomic E-state index is 0.128. The molecule has 1 N–H and O–H groups in total. The number of thiocarbonyl (C=S) groups is 1. The van der Waals surface area contributed by atoms with E-state index in [9.17, 15) is 9.59 Å². The van der Waals surface area contributed by atoms with Gasteiger partial charge in [-0.05, 0) is 50.5 Å². The number of hydrogen-bond acceptors (Lipinski definition) is 4. The van der Waals surface area contributed by atoms with Crippen LogP contribution in [0.5, 0.6) is 0 Å². The number of rotatable bonds is 5. The second-order valence-corrected chi connectivity index (χ2v) is 8.99. The van der Waals surface area contributed by atoms with Crippen LogP contribution in [0.15, 0.2) is 41.3 Å². The van der Waals surface area contributed by atoms with E-state index < -0.39 is 0 Å². The monoisotopic (exact) mass is 424 g/mol. The molecule has 0 radical (unpaired) electrons. The van der Waals surface area contributed by atoms with Gasteiger partial charge in [0.15, 0.2) is 0 Å². The smallest absolute Gasteiger partial charge is 0.266 e. The largest absolute Gasteiger partial charge is 0.326 e. The van der Waals surface area contributed by atoms with Gasteiger partial charge in [0.1, 0.15) is 4.32 Å². The molecule has 3 rings (SSSR count). The van der Waals surface area contributed by atoms with Crippen LogP contribution in [0.2, 0.25) is 0 Å². The van der Waals surface area contributed by atoms with E-state index in [2.05, 4.69) is 5.32 Å². The van der Waals surface area contributed by atoms with E-state index >= 15 is 0 Å². The number of anilines is 1. The van der Waals surface area contributed by atoms with Crippen LogP contribution < -0.4 is 5.32 Å². The molecule has 2 amide bonds. The summed E-state index contributed by atoms with van der Waals surface area (Å²) in [5.41, 5.74) is 6.19. The fourth-order valence-electron chi connectivity index (χ4n) is 3.30. The van der Waals surface area contributed by atoms with Crippen LogP contribution in [0.25, 0.3) is 6.08 Å². The lowest BCUT2D eigenvalue weighted by atomic mass is 10.1. The number of carbonyl (C=O) groups excluding carboxylic acids is 2. The number of thioether (sulfide) groups is 1. The van der Waals surface area contributed by atoms with Gasteiger partial charge in [-0.25, -0.2) is 0 Å². The molecule has 1 heterocycles. The molecule has 2 aromatic carbocycles. The Morgan fingerprint density at radius 2 is 1.69 bits per heavy atom. The first kappa shape index (κ1) is 21.3. The zero-order valence-corrected chi connectivity index (χ0v) is 18.7. The molecule has 0 unspecified atom stereocenters. The minimum Gasteiger partial charge on any atom is -0.326 e. The van der Waals surface area contributed by atoms with Crippen molar-refractivity contribution in [3.05, 3.63) is 69.1 Å². The second kappa shape index (κ2) is 8.93. The highest BCUT2D eigenvalue weighted by molar-refractivity contribution is 8.26. The maximum Gasteiger partial charge on any atom is 0.266 e. The third-order valence-electron chi connectivity index (χ3n) is 4.75. The Hall–Kier alpha value is -2.44. The van der Waals surface area contributed by atoms with E-state index in [1.807, 2.05) is 70.2 Å². The van der Waals surface area contributed by atoms with E-state index in [4.69, 9.17) is 12.2 Å². The van der Waals surface area contributed by atoms with Crippen molar-refractivity contribution in [2.75, 3.05) is 11.9 Å². The highest BCUT2D eigenvalue weighted by Crippen LogP contribution is 2.32. The first-order valence-corrected chi connectivity index (χ1v) is 10.7. The number of hydrogen-bond donors (Lipinski definition) is 1. The molecule has 2 aromatic rings. The van der Waals surface area contributed by atoms with Gasteiger partial charge in [0, 0.05) is 18.7 Å². The highest BCUT2D eigenvalue weighted by atomic mass is 32.2. The summed E-state index contributed by atoms with van der Waals surface area (Å²) in [6, 6.07) is 12.0. The standard InChI is InChI=1S/C23H24N2O2S2/c1-14-5-7-18(8-6-14)13-19-22(27)25(23(28)29-19)10-9-20(26)24-21-16(3)11-15(2)12-17(21)4/h5-8,11-13H,9-10H2,1-4H3,(H,24,26). The quantitative estimate of drug-likeness (QED) is 0.533. The zero-order valence-electron chi connectivity index (χ0n) is 17.0. The second-order valence-electron chi connectivity index (χ2n) is 7.32. The number of benzene rings is 2. The maximum absolute atomic E-state index is 12.7. The molecule has 0 atom stereocenters. The summed E-state index contributed by atoms with van der Waals surface area (Å²) in [5.74, 6) is -0.271. The summed E-state index contributed by atoms with van der Waals surface area (Å²) >= 11 is 6.64. The van der Waals surface area contributed by atoms with E-state index in [-0.39, 0.29) is 24.8 Å². The van der Waals surface area contributed by atoms with Crippen LogP contribution >= 0.6 is 24.0 Å². The molecule has 0 bridgehead atoms. The van der Waals surface area contributed by atoms with Crippen LogP contribution in [0.3, 0.4) is 0 Å². The Kier molecular flexibility index (Phi) is 6.55. The van der Waals surface area contributed by atoms with Crippen LogP contribution in [-0.4, -0.2) is 27.6 Å². The molecule has 1 fully saturated rings. The van der Waals surface area contributed by atoms with Crippen LogP contribution in [0.4, 0.5) is 5.69 Å². The predicted molar refractivity (Wildman–Crippen MR) is 125 cm³/mol. The summed E-state index contributed by atoms with van der Waals surface area (Å²) in [6.45, 7) is 8.28. The van der Waals surface area contributed by atoms with E-state index in [1.165, 1.54) is 22.2 Å². The Morgan fingerprint density at radius 1 is 1.07 bits per heavy atom. The summed E-state index contributed by atoms with van der Waals surface area (Å²) in [5, 5.41) is 2.97. The number of aryl methyl sites for hydroxylation is 4. The number of nitrogens with one attached hydrogen (secondary N) is 1. The topological polar surface area (TPSA) is 49.4 Å². The van der Waals surface area contributed by atoms with Gasteiger partial charge >= 0.3 is 0 Å². The fourth-order valence-corrected chi connectivity index (χ4v) is 4.61. The van der Waals surface area contributed by atoms with Crippen molar-refractivity contribution in [1.29, 1.82) is 0 Å². The highest BCUT2D eigenvalue weighted by Gasteiger charge is 2.32. The van der Waals surface area contributed by atoms with Crippen LogP contribution in [0, 0.1) is 27.7 Å². The van der Waals surface area contributed by atoms with Crippen LogP contribution in [-0.2, 0) is 9.59 Å². The lowest BCUT2D eigenvalue weighted by Gasteiger charge is -2.16. The van der Waals surface area contributed by atoms with Gasteiger partial charge in [-0.3, -0.25) is 14.5 Å². The molecule has 0 aromatic heterocycles. The Labute approximate surface area is 181 Å². The zero-order chi connectivity index (χ0) is 21.1. The van der Waals surface area contributed by atoms with Crippen molar-refractivity contribution in [3.63, 3.8) is 0 Å². The van der Waals surface area contributed by atoms with E-state index in [0.29, 0.717) is 9.23 Å². The molecule has 0 spiro atoms. The lowest BCUT2D eigenvalue weighted by Crippen LogP contribution is -2.31. The van der Waals surface area contributed by atoms with E-state index in [0.717, 1.165) is 27.9 Å². The van der Waals surface area contributed by atoms with Gasteiger partial charge in [-0.15, -0.1) is 0 Å².